The lowest BCUT2D eigenvalue weighted by Crippen LogP contribution is -2.44. The number of rotatable bonds is 0. The lowest BCUT2D eigenvalue weighted by atomic mass is 9.83. The minimum Gasteiger partial charge on any atom is -0.360 e. The molecule has 0 spiro atoms. The zero-order valence-electron chi connectivity index (χ0n) is 12.0. The highest BCUT2D eigenvalue weighted by Gasteiger charge is 2.41. The van der Waals surface area contributed by atoms with E-state index in [0.717, 1.165) is 30.5 Å². The second-order valence-electron chi connectivity index (χ2n) is 6.59. The first-order valence-electron chi connectivity index (χ1n) is 7.95. The minimum absolute atomic E-state index is 0.136. The lowest BCUT2D eigenvalue weighted by Gasteiger charge is -2.43. The summed E-state index contributed by atoms with van der Waals surface area (Å²) in [4.78, 5) is 2.62. The van der Waals surface area contributed by atoms with Crippen LogP contribution in [0.25, 0.3) is 10.9 Å². The zero-order chi connectivity index (χ0) is 14.0. The predicted molar refractivity (Wildman–Crippen MR) is 78.6 cm³/mol. The van der Waals surface area contributed by atoms with Crippen LogP contribution in [0.2, 0.25) is 0 Å². The van der Waals surface area contributed by atoms with Crippen molar-refractivity contribution >= 4 is 10.9 Å². The fourth-order valence-electron chi connectivity index (χ4n) is 4.68. The van der Waals surface area contributed by atoms with Gasteiger partial charge in [-0.3, -0.25) is 4.90 Å². The summed E-state index contributed by atoms with van der Waals surface area (Å²) in [5.41, 5.74) is 3.90. The molecule has 3 aliphatic rings. The molecule has 0 N–H and O–H groups in total. The van der Waals surface area contributed by atoms with Crippen LogP contribution in [-0.4, -0.2) is 29.2 Å². The minimum atomic E-state index is -0.136. The van der Waals surface area contributed by atoms with E-state index in [1.54, 1.807) is 12.1 Å². The molecule has 110 valence electrons. The van der Waals surface area contributed by atoms with Crippen molar-refractivity contribution in [2.24, 2.45) is 5.92 Å². The summed E-state index contributed by atoms with van der Waals surface area (Å²) in [6.07, 6.45) is 3.55. The van der Waals surface area contributed by atoms with Gasteiger partial charge in [0.05, 0.1) is 18.2 Å². The fraction of sp³-hybridized carbons (Fsp3) is 0.529. The third-order valence-electron chi connectivity index (χ3n) is 5.52. The standard InChI is InChI=1S/C17H19FN2O/c18-12-3-4-15-14(8-12)13-5-7-19-6-1-2-11-9-21-10-20(15)17(13)16(11)19/h3-4,8,11,16H,1-2,5-7,9-10H2/t11-,16-/m0/s1. The first kappa shape index (κ1) is 12.2. The fourth-order valence-corrected chi connectivity index (χ4v) is 4.68. The molecule has 1 aromatic carbocycles. The first-order valence-corrected chi connectivity index (χ1v) is 7.95. The third kappa shape index (κ3) is 1.60. The molecule has 0 aliphatic carbocycles. The van der Waals surface area contributed by atoms with E-state index in [0.29, 0.717) is 18.7 Å². The molecule has 0 bridgehead atoms. The van der Waals surface area contributed by atoms with Gasteiger partial charge in [-0.05, 0) is 49.6 Å². The van der Waals surface area contributed by atoms with Crippen LogP contribution < -0.4 is 0 Å². The number of ether oxygens (including phenoxy) is 1. The van der Waals surface area contributed by atoms with E-state index in [1.165, 1.54) is 30.6 Å². The van der Waals surface area contributed by atoms with Crippen molar-refractivity contribution in [2.75, 3.05) is 19.7 Å². The lowest BCUT2D eigenvalue weighted by molar-refractivity contribution is 0.0167. The van der Waals surface area contributed by atoms with Crippen LogP contribution in [0.1, 0.15) is 30.1 Å². The third-order valence-corrected chi connectivity index (χ3v) is 5.52. The molecule has 1 aromatic heterocycles. The van der Waals surface area contributed by atoms with Crippen LogP contribution in [-0.2, 0) is 17.9 Å². The van der Waals surface area contributed by atoms with Crippen LogP contribution in [0.4, 0.5) is 4.39 Å². The molecule has 3 aliphatic heterocycles. The molecule has 3 nitrogen and oxygen atoms in total. The highest BCUT2D eigenvalue weighted by molar-refractivity contribution is 5.86. The number of piperidine rings is 1. The summed E-state index contributed by atoms with van der Waals surface area (Å²) in [6.45, 7) is 3.75. The predicted octanol–water partition coefficient (Wildman–Crippen LogP) is 3.08. The number of hydrogen-bond donors (Lipinski definition) is 0. The van der Waals surface area contributed by atoms with Crippen molar-refractivity contribution in [1.82, 2.24) is 9.47 Å². The molecule has 0 saturated carbocycles. The summed E-state index contributed by atoms with van der Waals surface area (Å²) in [5, 5.41) is 1.10. The van der Waals surface area contributed by atoms with E-state index in [-0.39, 0.29) is 5.82 Å². The van der Waals surface area contributed by atoms with Gasteiger partial charge in [-0.15, -0.1) is 0 Å². The molecule has 0 radical (unpaired) electrons. The van der Waals surface area contributed by atoms with E-state index >= 15 is 0 Å². The van der Waals surface area contributed by atoms with Crippen molar-refractivity contribution < 1.29 is 9.13 Å². The van der Waals surface area contributed by atoms with Crippen molar-refractivity contribution in [1.29, 1.82) is 0 Å². The Bertz CT molecular complexity index is 719. The summed E-state index contributed by atoms with van der Waals surface area (Å²) in [6, 6.07) is 5.67. The second-order valence-corrected chi connectivity index (χ2v) is 6.59. The average molecular weight is 286 g/mol. The van der Waals surface area contributed by atoms with Gasteiger partial charge in [0.1, 0.15) is 12.5 Å². The Morgan fingerprint density at radius 2 is 2.19 bits per heavy atom. The van der Waals surface area contributed by atoms with E-state index in [4.69, 9.17) is 4.74 Å². The Morgan fingerprint density at radius 1 is 1.24 bits per heavy atom. The zero-order valence-corrected chi connectivity index (χ0v) is 12.0. The number of nitrogens with zero attached hydrogens (tertiary/aromatic N) is 2. The molecule has 5 rings (SSSR count). The SMILES string of the molecule is Fc1ccc2c(c1)c1c3n2COC[C@@H]2CCCN(CC1)[C@H]32. The number of aromatic nitrogens is 1. The molecule has 1 fully saturated rings. The largest absolute Gasteiger partial charge is 0.360 e. The van der Waals surface area contributed by atoms with E-state index in [9.17, 15) is 4.39 Å². The van der Waals surface area contributed by atoms with Gasteiger partial charge in [0.2, 0.25) is 0 Å². The normalized spacial score (nSPS) is 28.4. The summed E-state index contributed by atoms with van der Waals surface area (Å²) < 4.78 is 22.0. The molecular formula is C17H19FN2O. The molecule has 2 atom stereocenters. The van der Waals surface area contributed by atoms with Crippen LogP contribution >= 0.6 is 0 Å². The van der Waals surface area contributed by atoms with E-state index in [2.05, 4.69) is 9.47 Å². The van der Waals surface area contributed by atoms with Gasteiger partial charge in [-0.1, -0.05) is 0 Å². The molecule has 2 aromatic rings. The van der Waals surface area contributed by atoms with Crippen LogP contribution in [0.15, 0.2) is 18.2 Å². The van der Waals surface area contributed by atoms with Gasteiger partial charge < -0.3 is 9.30 Å². The van der Waals surface area contributed by atoms with Gasteiger partial charge in [-0.25, -0.2) is 4.39 Å². The van der Waals surface area contributed by atoms with Crippen molar-refractivity contribution in [3.63, 3.8) is 0 Å². The first-order chi connectivity index (χ1) is 10.3. The van der Waals surface area contributed by atoms with Gasteiger partial charge >= 0.3 is 0 Å². The summed E-state index contributed by atoms with van der Waals surface area (Å²) in [5.74, 6) is 0.455. The van der Waals surface area contributed by atoms with Gasteiger partial charge in [0.15, 0.2) is 0 Å². The number of halogens is 1. The summed E-state index contributed by atoms with van der Waals surface area (Å²) >= 11 is 0. The molecular weight excluding hydrogens is 267 g/mol. The topological polar surface area (TPSA) is 17.4 Å². The van der Waals surface area contributed by atoms with E-state index in [1.807, 2.05) is 6.07 Å². The maximum absolute atomic E-state index is 13.7. The number of benzene rings is 1. The smallest absolute Gasteiger partial charge is 0.123 e. The van der Waals surface area contributed by atoms with Gasteiger partial charge in [-0.2, -0.15) is 0 Å². The molecule has 0 amide bonds. The van der Waals surface area contributed by atoms with Crippen LogP contribution in [0.5, 0.6) is 0 Å². The average Bonchev–Trinajstić information content (AvgIpc) is 2.67. The van der Waals surface area contributed by atoms with Crippen molar-refractivity contribution in [3.05, 3.63) is 35.3 Å². The molecule has 4 heterocycles. The second kappa shape index (κ2) is 4.31. The van der Waals surface area contributed by atoms with Gasteiger partial charge in [0, 0.05) is 23.5 Å². The maximum atomic E-state index is 13.7. The van der Waals surface area contributed by atoms with Crippen molar-refractivity contribution in [2.45, 2.75) is 32.0 Å². The monoisotopic (exact) mass is 286 g/mol. The maximum Gasteiger partial charge on any atom is 0.123 e. The Morgan fingerprint density at radius 3 is 3.14 bits per heavy atom. The Hall–Kier alpha value is -1.39. The van der Waals surface area contributed by atoms with E-state index < -0.39 is 0 Å². The highest BCUT2D eigenvalue weighted by atomic mass is 19.1. The summed E-state index contributed by atoms with van der Waals surface area (Å²) in [7, 11) is 0. The molecule has 21 heavy (non-hydrogen) atoms. The number of hydrogen-bond acceptors (Lipinski definition) is 2. The Labute approximate surface area is 123 Å². The number of fused-ring (bicyclic) bond motifs is 3. The Balaban J connectivity index is 1.82. The molecule has 4 heteroatoms. The molecule has 0 unspecified atom stereocenters. The van der Waals surface area contributed by atoms with Gasteiger partial charge in [0.25, 0.3) is 0 Å². The van der Waals surface area contributed by atoms with Crippen LogP contribution in [0.3, 0.4) is 0 Å². The van der Waals surface area contributed by atoms with Crippen LogP contribution in [0, 0.1) is 11.7 Å². The highest BCUT2D eigenvalue weighted by Crippen LogP contribution is 2.45. The molecule has 1 saturated heterocycles. The quantitative estimate of drug-likeness (QED) is 0.740. The Kier molecular flexibility index (Phi) is 2.50. The van der Waals surface area contributed by atoms with Crippen molar-refractivity contribution in [3.8, 4) is 0 Å².